The topological polar surface area (TPSA) is 108 Å². The van der Waals surface area contributed by atoms with Crippen molar-refractivity contribution in [2.45, 2.75) is 30.6 Å². The van der Waals surface area contributed by atoms with Gasteiger partial charge in [-0.25, -0.2) is 0 Å². The van der Waals surface area contributed by atoms with Crippen LogP contribution in [0.5, 0.6) is 0 Å². The molecule has 1 fully saturated rings. The van der Waals surface area contributed by atoms with E-state index in [0.29, 0.717) is 5.56 Å². The molecule has 1 heterocycles. The molecule has 2 rings (SSSR count). The van der Waals surface area contributed by atoms with Gasteiger partial charge in [0.1, 0.15) is 24.4 Å². The molecule has 5 unspecified atom stereocenters. The fourth-order valence-electron chi connectivity index (χ4n) is 2.26. The molecule has 1 aromatic carbocycles. The molecular weight excluding hydrogens is 278 g/mol. The van der Waals surface area contributed by atoms with Gasteiger partial charge in [0.05, 0.1) is 6.61 Å². The highest BCUT2D eigenvalue weighted by molar-refractivity contribution is 5.94. The molecule has 0 aromatic heterocycles. The van der Waals surface area contributed by atoms with Crippen LogP contribution in [0.25, 0.3) is 0 Å². The summed E-state index contributed by atoms with van der Waals surface area (Å²) in [4.78, 5) is 12.1. The summed E-state index contributed by atoms with van der Waals surface area (Å²) in [6, 6.07) is 7.52. The number of hydrogen-bond donors (Lipinski definition) is 4. The molecular formula is C14H19NO6. The second-order valence-corrected chi connectivity index (χ2v) is 4.81. The van der Waals surface area contributed by atoms with Crippen LogP contribution in [0, 0.1) is 0 Å². The summed E-state index contributed by atoms with van der Waals surface area (Å²) in [5, 5.41) is 31.6. The van der Waals surface area contributed by atoms with E-state index in [1.807, 2.05) is 0 Å². The van der Waals surface area contributed by atoms with E-state index in [-0.39, 0.29) is 0 Å². The van der Waals surface area contributed by atoms with Gasteiger partial charge in [-0.1, -0.05) is 18.2 Å². The number of rotatable bonds is 4. The van der Waals surface area contributed by atoms with Gasteiger partial charge in [0.25, 0.3) is 5.91 Å². The highest BCUT2D eigenvalue weighted by atomic mass is 16.7. The maximum absolute atomic E-state index is 12.1. The number of methoxy groups -OCH3 is 1. The normalized spacial score (nSPS) is 32.7. The average Bonchev–Trinajstić information content (AvgIpc) is 2.53. The number of ether oxygens (including phenoxy) is 2. The van der Waals surface area contributed by atoms with E-state index in [1.54, 1.807) is 30.3 Å². The summed E-state index contributed by atoms with van der Waals surface area (Å²) < 4.78 is 10.4. The van der Waals surface area contributed by atoms with Gasteiger partial charge < -0.3 is 30.1 Å². The highest BCUT2D eigenvalue weighted by Gasteiger charge is 2.45. The maximum Gasteiger partial charge on any atom is 0.251 e. The first kappa shape index (κ1) is 15.9. The summed E-state index contributed by atoms with van der Waals surface area (Å²) in [6.07, 6.45) is -4.56. The van der Waals surface area contributed by atoms with Gasteiger partial charge in [0.2, 0.25) is 0 Å². The van der Waals surface area contributed by atoms with Gasteiger partial charge in [0, 0.05) is 12.7 Å². The fraction of sp³-hybridized carbons (Fsp3) is 0.500. The molecule has 1 amide bonds. The summed E-state index contributed by atoms with van der Waals surface area (Å²) >= 11 is 0. The Morgan fingerprint density at radius 1 is 1.29 bits per heavy atom. The Kier molecular flexibility index (Phi) is 5.27. The number of nitrogens with one attached hydrogen (secondary N) is 1. The third-order valence-corrected chi connectivity index (χ3v) is 3.45. The van der Waals surface area contributed by atoms with Gasteiger partial charge in [-0.2, -0.15) is 0 Å². The van der Waals surface area contributed by atoms with Gasteiger partial charge in [-0.3, -0.25) is 4.79 Å². The van der Waals surface area contributed by atoms with Crippen LogP contribution in [0.4, 0.5) is 0 Å². The number of aliphatic hydroxyl groups is 3. The first-order valence-corrected chi connectivity index (χ1v) is 6.59. The van der Waals surface area contributed by atoms with E-state index in [9.17, 15) is 15.0 Å². The molecule has 116 valence electrons. The highest BCUT2D eigenvalue weighted by Crippen LogP contribution is 2.22. The number of carbonyl (C=O) groups excluding carboxylic acids is 1. The largest absolute Gasteiger partial charge is 0.394 e. The van der Waals surface area contributed by atoms with Gasteiger partial charge in [-0.15, -0.1) is 0 Å². The number of hydrogen-bond acceptors (Lipinski definition) is 6. The second-order valence-electron chi connectivity index (χ2n) is 4.81. The van der Waals surface area contributed by atoms with Crippen molar-refractivity contribution in [1.82, 2.24) is 5.32 Å². The zero-order valence-electron chi connectivity index (χ0n) is 11.5. The zero-order chi connectivity index (χ0) is 15.4. The first-order valence-electron chi connectivity index (χ1n) is 6.59. The van der Waals surface area contributed by atoms with Gasteiger partial charge in [0.15, 0.2) is 6.29 Å². The summed E-state index contributed by atoms with van der Waals surface area (Å²) in [5.41, 5.74) is 0.415. The van der Waals surface area contributed by atoms with Crippen molar-refractivity contribution >= 4 is 5.91 Å². The Morgan fingerprint density at radius 3 is 2.52 bits per heavy atom. The number of carbonyl (C=O) groups is 1. The average molecular weight is 297 g/mol. The minimum Gasteiger partial charge on any atom is -0.394 e. The zero-order valence-corrected chi connectivity index (χ0v) is 11.5. The Morgan fingerprint density at radius 2 is 1.95 bits per heavy atom. The Labute approximate surface area is 122 Å². The van der Waals surface area contributed by atoms with Crippen LogP contribution in [0.1, 0.15) is 10.4 Å². The third kappa shape index (κ3) is 3.39. The lowest BCUT2D eigenvalue weighted by Crippen LogP contribution is -2.64. The molecule has 1 aromatic rings. The van der Waals surface area contributed by atoms with Crippen LogP contribution < -0.4 is 5.32 Å². The second kappa shape index (κ2) is 6.97. The van der Waals surface area contributed by atoms with Gasteiger partial charge in [-0.05, 0) is 12.1 Å². The van der Waals surface area contributed by atoms with E-state index < -0.39 is 43.2 Å². The lowest BCUT2D eigenvalue weighted by molar-refractivity contribution is -0.261. The number of aliphatic hydroxyl groups excluding tert-OH is 3. The predicted octanol–water partition coefficient (Wildman–Crippen LogP) is -1.13. The molecule has 7 nitrogen and oxygen atoms in total. The first-order chi connectivity index (χ1) is 10.1. The number of benzene rings is 1. The SMILES string of the molecule is COC1OC(CO)C(O)C(O)C1NC(=O)c1ccccc1. The van der Waals surface area contributed by atoms with E-state index in [1.165, 1.54) is 7.11 Å². The Hall–Kier alpha value is -1.51. The Balaban J connectivity index is 2.11. The quantitative estimate of drug-likeness (QED) is 0.560. The van der Waals surface area contributed by atoms with Crippen LogP contribution in [-0.4, -0.2) is 65.6 Å². The Bertz CT molecular complexity index is 466. The predicted molar refractivity (Wildman–Crippen MR) is 72.5 cm³/mol. The van der Waals surface area contributed by atoms with E-state index in [0.717, 1.165) is 0 Å². The van der Waals surface area contributed by atoms with E-state index in [4.69, 9.17) is 14.6 Å². The molecule has 0 bridgehead atoms. The monoisotopic (exact) mass is 297 g/mol. The van der Waals surface area contributed by atoms with Crippen LogP contribution in [0.3, 0.4) is 0 Å². The van der Waals surface area contributed by atoms with Crippen LogP contribution in [0.15, 0.2) is 30.3 Å². The van der Waals surface area contributed by atoms with Crippen molar-refractivity contribution in [3.8, 4) is 0 Å². The molecule has 21 heavy (non-hydrogen) atoms. The lowest BCUT2D eigenvalue weighted by Gasteiger charge is -2.41. The van der Waals surface area contributed by atoms with Crippen molar-refractivity contribution in [2.75, 3.05) is 13.7 Å². The third-order valence-electron chi connectivity index (χ3n) is 3.45. The molecule has 1 aliphatic heterocycles. The van der Waals surface area contributed by atoms with E-state index >= 15 is 0 Å². The van der Waals surface area contributed by atoms with Crippen LogP contribution in [-0.2, 0) is 9.47 Å². The number of amides is 1. The van der Waals surface area contributed by atoms with Crippen molar-refractivity contribution in [2.24, 2.45) is 0 Å². The fourth-order valence-corrected chi connectivity index (χ4v) is 2.26. The minimum absolute atomic E-state index is 0.415. The van der Waals surface area contributed by atoms with Gasteiger partial charge >= 0.3 is 0 Å². The van der Waals surface area contributed by atoms with Crippen molar-refractivity contribution in [3.05, 3.63) is 35.9 Å². The summed E-state index contributed by atoms with van der Waals surface area (Å²) in [5.74, 6) is -0.417. The molecule has 1 saturated heterocycles. The van der Waals surface area contributed by atoms with Crippen LogP contribution in [0.2, 0.25) is 0 Å². The molecule has 0 aliphatic carbocycles. The molecule has 0 spiro atoms. The molecule has 1 aliphatic rings. The van der Waals surface area contributed by atoms with Crippen molar-refractivity contribution < 1.29 is 29.6 Å². The molecule has 0 radical (unpaired) electrons. The molecule has 4 N–H and O–H groups in total. The molecule has 5 atom stereocenters. The molecule has 7 heteroatoms. The minimum atomic E-state index is -1.32. The standard InChI is InChI=1S/C14H19NO6/c1-20-14-10(12(18)11(17)9(7-16)21-14)15-13(19)8-5-3-2-4-6-8/h2-6,9-12,14,16-18H,7H2,1H3,(H,15,19). The molecule has 0 saturated carbocycles. The van der Waals surface area contributed by atoms with Crippen LogP contribution >= 0.6 is 0 Å². The summed E-state index contributed by atoms with van der Waals surface area (Å²) in [6.45, 7) is -0.461. The lowest BCUT2D eigenvalue weighted by atomic mass is 9.96. The van der Waals surface area contributed by atoms with Crippen molar-refractivity contribution in [1.29, 1.82) is 0 Å². The van der Waals surface area contributed by atoms with Crippen molar-refractivity contribution in [3.63, 3.8) is 0 Å². The smallest absolute Gasteiger partial charge is 0.251 e. The summed E-state index contributed by atoms with van der Waals surface area (Å²) in [7, 11) is 1.35. The van der Waals surface area contributed by atoms with E-state index in [2.05, 4.69) is 5.32 Å². The maximum atomic E-state index is 12.1.